The second-order valence-electron chi connectivity index (χ2n) is 22.7. The van der Waals surface area contributed by atoms with Gasteiger partial charge < -0.3 is 14.2 Å². The van der Waals surface area contributed by atoms with E-state index in [4.69, 9.17) is 14.2 Å². The number of carbonyl (C=O) groups excluding carboxylic acids is 3. The lowest BCUT2D eigenvalue weighted by Gasteiger charge is -2.18. The van der Waals surface area contributed by atoms with Gasteiger partial charge in [0.05, 0.1) is 0 Å². The number of hydrogen-bond donors (Lipinski definition) is 0. The van der Waals surface area contributed by atoms with Crippen LogP contribution in [0.1, 0.15) is 316 Å². The van der Waals surface area contributed by atoms with Crippen molar-refractivity contribution in [3.05, 3.63) is 134 Å². The van der Waals surface area contributed by atoms with E-state index in [-0.39, 0.29) is 31.1 Å². The molecule has 0 amide bonds. The van der Waals surface area contributed by atoms with Crippen molar-refractivity contribution in [2.24, 2.45) is 0 Å². The SMILES string of the molecule is CC/C=C\C/C=C\C/C=C\C/C=C\C/C=C\CCCCCCCCCCCCCCCC(=O)OCC(COC(=O)CCCCCCC/C=C\CCCC)OC(=O)CCCCCCCCCCC/C=C\C/C=C\C/C=C\C/C=C\C/C=C\CC. The Balaban J connectivity index is 4.26. The number of ether oxygens (including phenoxy) is 3. The molecule has 472 valence electrons. The summed E-state index contributed by atoms with van der Waals surface area (Å²) in [5.74, 6) is -0.895. The fourth-order valence-electron chi connectivity index (χ4n) is 9.48. The largest absolute Gasteiger partial charge is 0.462 e. The monoisotopic (exact) mass is 1150 g/mol. The van der Waals surface area contributed by atoms with Crippen LogP contribution >= 0.6 is 0 Å². The van der Waals surface area contributed by atoms with E-state index in [0.29, 0.717) is 19.3 Å². The van der Waals surface area contributed by atoms with Crippen LogP contribution in [0.15, 0.2) is 134 Å². The van der Waals surface area contributed by atoms with Gasteiger partial charge in [0.2, 0.25) is 0 Å². The van der Waals surface area contributed by atoms with Crippen LogP contribution in [0.4, 0.5) is 0 Å². The second-order valence-corrected chi connectivity index (χ2v) is 22.7. The van der Waals surface area contributed by atoms with E-state index in [1.54, 1.807) is 0 Å². The Bertz CT molecular complexity index is 1750. The van der Waals surface area contributed by atoms with Crippen molar-refractivity contribution >= 4 is 17.9 Å². The maximum atomic E-state index is 12.9. The first-order valence-corrected chi connectivity index (χ1v) is 34.7. The molecule has 1 atom stereocenters. The van der Waals surface area contributed by atoms with Gasteiger partial charge in [-0.3, -0.25) is 14.4 Å². The molecule has 6 nitrogen and oxygen atoms in total. The van der Waals surface area contributed by atoms with Crippen LogP contribution < -0.4 is 0 Å². The van der Waals surface area contributed by atoms with Gasteiger partial charge >= 0.3 is 17.9 Å². The Morgan fingerprint density at radius 2 is 0.470 bits per heavy atom. The fraction of sp³-hybridized carbons (Fsp3) is 0.675. The third-order valence-corrected chi connectivity index (χ3v) is 14.6. The van der Waals surface area contributed by atoms with Gasteiger partial charge in [0.25, 0.3) is 0 Å². The van der Waals surface area contributed by atoms with Crippen molar-refractivity contribution in [2.45, 2.75) is 322 Å². The van der Waals surface area contributed by atoms with E-state index >= 15 is 0 Å². The van der Waals surface area contributed by atoms with E-state index in [0.717, 1.165) is 135 Å². The molecule has 0 heterocycles. The molecule has 0 radical (unpaired) electrons. The zero-order chi connectivity index (χ0) is 59.9. The highest BCUT2D eigenvalue weighted by atomic mass is 16.6. The van der Waals surface area contributed by atoms with Crippen LogP contribution in [0.2, 0.25) is 0 Å². The Morgan fingerprint density at radius 1 is 0.253 bits per heavy atom. The molecule has 0 aromatic heterocycles. The topological polar surface area (TPSA) is 78.9 Å². The molecule has 0 aliphatic rings. The molecule has 0 bridgehead atoms. The van der Waals surface area contributed by atoms with Crippen LogP contribution in [0.3, 0.4) is 0 Å². The minimum Gasteiger partial charge on any atom is -0.462 e. The van der Waals surface area contributed by atoms with Gasteiger partial charge in [0, 0.05) is 19.3 Å². The maximum Gasteiger partial charge on any atom is 0.306 e. The zero-order valence-electron chi connectivity index (χ0n) is 54.2. The predicted octanol–water partition coefficient (Wildman–Crippen LogP) is 24.1. The quantitative estimate of drug-likeness (QED) is 0.0261. The molecule has 0 saturated heterocycles. The van der Waals surface area contributed by atoms with Crippen molar-refractivity contribution in [3.63, 3.8) is 0 Å². The molecule has 0 aliphatic carbocycles. The van der Waals surface area contributed by atoms with Gasteiger partial charge in [0.1, 0.15) is 13.2 Å². The third-order valence-electron chi connectivity index (χ3n) is 14.6. The summed E-state index contributed by atoms with van der Waals surface area (Å²) < 4.78 is 16.9. The highest BCUT2D eigenvalue weighted by Gasteiger charge is 2.19. The van der Waals surface area contributed by atoms with Crippen LogP contribution in [-0.2, 0) is 28.6 Å². The molecule has 0 saturated carbocycles. The van der Waals surface area contributed by atoms with Crippen LogP contribution in [0.5, 0.6) is 0 Å². The minimum absolute atomic E-state index is 0.0852. The normalized spacial score (nSPS) is 13.0. The molecule has 0 spiro atoms. The first-order chi connectivity index (χ1) is 41.0. The molecule has 0 rings (SSSR count). The van der Waals surface area contributed by atoms with Crippen molar-refractivity contribution in [1.82, 2.24) is 0 Å². The molecular weight excluding hydrogens is 1020 g/mol. The number of allylic oxidation sites excluding steroid dienone is 22. The summed E-state index contributed by atoms with van der Waals surface area (Å²) in [4.78, 5) is 38.4. The van der Waals surface area contributed by atoms with E-state index in [9.17, 15) is 14.4 Å². The molecule has 6 heteroatoms. The molecule has 0 N–H and O–H groups in total. The van der Waals surface area contributed by atoms with Crippen molar-refractivity contribution in [3.8, 4) is 0 Å². The van der Waals surface area contributed by atoms with Gasteiger partial charge in [-0.15, -0.1) is 0 Å². The lowest BCUT2D eigenvalue weighted by atomic mass is 10.0. The predicted molar refractivity (Wildman–Crippen MR) is 362 cm³/mol. The number of esters is 3. The first-order valence-electron chi connectivity index (χ1n) is 34.7. The number of unbranched alkanes of at least 4 members (excludes halogenated alkanes) is 29. The first kappa shape index (κ1) is 78.5. The Morgan fingerprint density at radius 3 is 0.747 bits per heavy atom. The molecule has 0 fully saturated rings. The Kier molecular flexibility index (Phi) is 66.3. The van der Waals surface area contributed by atoms with Crippen molar-refractivity contribution in [2.75, 3.05) is 13.2 Å². The van der Waals surface area contributed by atoms with E-state index in [1.807, 2.05) is 0 Å². The van der Waals surface area contributed by atoms with Crippen LogP contribution in [0.25, 0.3) is 0 Å². The number of hydrogen-bond acceptors (Lipinski definition) is 6. The molecular formula is C77H128O6. The van der Waals surface area contributed by atoms with Gasteiger partial charge in [-0.1, -0.05) is 302 Å². The Labute approximate surface area is 513 Å². The lowest BCUT2D eigenvalue weighted by Crippen LogP contribution is -2.30. The van der Waals surface area contributed by atoms with Gasteiger partial charge in [-0.05, 0) is 128 Å². The van der Waals surface area contributed by atoms with Gasteiger partial charge in [0.15, 0.2) is 6.10 Å². The molecule has 0 aromatic rings. The highest BCUT2D eigenvalue weighted by Crippen LogP contribution is 2.16. The molecule has 0 aliphatic heterocycles. The molecule has 1 unspecified atom stereocenters. The summed E-state index contributed by atoms with van der Waals surface area (Å²) >= 11 is 0. The summed E-state index contributed by atoms with van der Waals surface area (Å²) in [6.45, 7) is 6.38. The summed E-state index contributed by atoms with van der Waals surface area (Å²) in [6.07, 6.45) is 99.0. The molecule has 83 heavy (non-hydrogen) atoms. The van der Waals surface area contributed by atoms with Gasteiger partial charge in [-0.25, -0.2) is 0 Å². The minimum atomic E-state index is -0.790. The standard InChI is InChI=1S/C77H128O6/c1-4-7-10-13-16-19-22-24-26-28-30-32-34-36-37-38-39-41-42-44-46-48-50-52-55-58-61-64-67-70-76(79)82-73-74(72-81-75(78)69-66-63-60-57-54-21-18-15-12-9-6-3)83-77(80)71-68-65-62-59-56-53-51-49-47-45-43-40-35-33-31-29-27-25-23-20-17-14-11-8-5-2/h7-8,10-11,15-20,24-27,30-33,36-37,40,43,74H,4-6,9,12-14,21-23,28-29,34-35,38-39,41-42,44-73H2,1-3H3/b10-7-,11-8-,18-15-,19-16-,20-17-,26-24-,27-25-,32-30-,33-31-,37-36-,43-40-. The summed E-state index contributed by atoms with van der Waals surface area (Å²) in [7, 11) is 0. The van der Waals surface area contributed by atoms with E-state index < -0.39 is 6.10 Å². The average molecular weight is 1150 g/mol. The smallest absolute Gasteiger partial charge is 0.306 e. The van der Waals surface area contributed by atoms with Gasteiger partial charge in [-0.2, -0.15) is 0 Å². The number of carbonyl (C=O) groups is 3. The van der Waals surface area contributed by atoms with Crippen LogP contribution in [-0.4, -0.2) is 37.2 Å². The Hall–Kier alpha value is -4.45. The second kappa shape index (κ2) is 70.0. The van der Waals surface area contributed by atoms with E-state index in [1.165, 1.54) is 141 Å². The summed E-state index contributed by atoms with van der Waals surface area (Å²) in [6, 6.07) is 0. The third kappa shape index (κ3) is 68.2. The summed E-state index contributed by atoms with van der Waals surface area (Å²) in [5.41, 5.74) is 0. The van der Waals surface area contributed by atoms with Crippen molar-refractivity contribution in [1.29, 1.82) is 0 Å². The zero-order valence-corrected chi connectivity index (χ0v) is 54.2. The van der Waals surface area contributed by atoms with E-state index in [2.05, 4.69) is 154 Å². The molecule has 0 aromatic carbocycles. The van der Waals surface area contributed by atoms with Crippen molar-refractivity contribution < 1.29 is 28.6 Å². The van der Waals surface area contributed by atoms with Crippen LogP contribution in [0, 0.1) is 0 Å². The number of rotatable bonds is 62. The average Bonchev–Trinajstić information content (AvgIpc) is 3.48. The maximum absolute atomic E-state index is 12.9. The summed E-state index contributed by atoms with van der Waals surface area (Å²) in [5, 5.41) is 0. The lowest BCUT2D eigenvalue weighted by molar-refractivity contribution is -0.167. The fourth-order valence-corrected chi connectivity index (χ4v) is 9.48. The highest BCUT2D eigenvalue weighted by molar-refractivity contribution is 5.71.